The number of nitrogens with zero attached hydrogens (tertiary/aromatic N) is 2. The Labute approximate surface area is 117 Å². The Morgan fingerprint density at radius 2 is 1.94 bits per heavy atom. The Morgan fingerprint density at radius 1 is 1.35 bits per heavy atom. The van der Waals surface area contributed by atoms with Crippen molar-refractivity contribution in [3.63, 3.8) is 0 Å². The molecular weight excluding hydrogens is 261 g/mol. The molecule has 0 aliphatic carbocycles. The zero-order valence-electron chi connectivity index (χ0n) is 10.9. The Kier molecular flexibility index (Phi) is 11.3. The summed E-state index contributed by atoms with van der Waals surface area (Å²) in [6.45, 7) is 11.4. The van der Waals surface area contributed by atoms with Crippen molar-refractivity contribution in [3.05, 3.63) is 0 Å². The van der Waals surface area contributed by atoms with Crippen LogP contribution >= 0.6 is 24.8 Å². The first-order valence-corrected chi connectivity index (χ1v) is 5.90. The van der Waals surface area contributed by atoms with E-state index >= 15 is 0 Å². The van der Waals surface area contributed by atoms with Gasteiger partial charge in [0, 0.05) is 25.7 Å². The topological polar surface area (TPSA) is 35.6 Å². The van der Waals surface area contributed by atoms with Crippen molar-refractivity contribution in [2.45, 2.75) is 26.8 Å². The van der Waals surface area contributed by atoms with Crippen LogP contribution in [0.25, 0.3) is 0 Å². The maximum Gasteiger partial charge on any atom is 0.236 e. The molecule has 1 unspecified atom stereocenters. The second kappa shape index (κ2) is 9.95. The molecule has 0 bridgehead atoms. The van der Waals surface area contributed by atoms with Crippen LogP contribution in [0.1, 0.15) is 20.8 Å². The van der Waals surface area contributed by atoms with Crippen molar-refractivity contribution in [1.82, 2.24) is 15.1 Å². The lowest BCUT2D eigenvalue weighted by molar-refractivity contribution is -0.133. The minimum absolute atomic E-state index is 0. The van der Waals surface area contributed by atoms with Crippen molar-refractivity contribution >= 4 is 30.7 Å². The fourth-order valence-electron chi connectivity index (χ4n) is 1.90. The zero-order chi connectivity index (χ0) is 11.3. The Balaban J connectivity index is 0. The number of likely N-dealkylation sites (N-methyl/N-ethyl adjacent to an activating group) is 1. The SMILES string of the molecule is CCN(CC)CC(=O)N1CCNC(C)C1.Cl.Cl. The number of nitrogens with one attached hydrogen (secondary N) is 1. The van der Waals surface area contributed by atoms with Crippen LogP contribution in [0.5, 0.6) is 0 Å². The number of carbonyl (C=O) groups excluding carboxylic acids is 1. The standard InChI is InChI=1S/C11H23N3O.2ClH/c1-4-13(5-2)9-11(15)14-7-6-12-10(3)8-14;;/h10,12H,4-9H2,1-3H3;2*1H. The highest BCUT2D eigenvalue weighted by atomic mass is 35.5. The quantitative estimate of drug-likeness (QED) is 0.837. The van der Waals surface area contributed by atoms with Gasteiger partial charge in [0.15, 0.2) is 0 Å². The molecular formula is C11H25Cl2N3O. The van der Waals surface area contributed by atoms with Gasteiger partial charge in [-0.2, -0.15) is 0 Å². The molecule has 6 heteroatoms. The Hall–Kier alpha value is -0.0300. The minimum atomic E-state index is 0. The molecule has 1 rings (SSSR count). The molecule has 1 fully saturated rings. The van der Waals surface area contributed by atoms with Crippen LogP contribution in [0.4, 0.5) is 0 Å². The highest BCUT2D eigenvalue weighted by Crippen LogP contribution is 2.00. The number of hydrogen-bond donors (Lipinski definition) is 1. The largest absolute Gasteiger partial charge is 0.339 e. The third-order valence-corrected chi connectivity index (χ3v) is 2.97. The normalized spacial score (nSPS) is 19.5. The molecule has 0 aromatic carbocycles. The molecule has 1 N–H and O–H groups in total. The molecule has 0 aromatic heterocycles. The summed E-state index contributed by atoms with van der Waals surface area (Å²) < 4.78 is 0. The first-order valence-electron chi connectivity index (χ1n) is 5.90. The van der Waals surface area contributed by atoms with Crippen molar-refractivity contribution in [2.24, 2.45) is 0 Å². The molecule has 4 nitrogen and oxygen atoms in total. The van der Waals surface area contributed by atoms with E-state index in [-0.39, 0.29) is 30.7 Å². The van der Waals surface area contributed by atoms with Crippen molar-refractivity contribution in [3.8, 4) is 0 Å². The van der Waals surface area contributed by atoms with E-state index in [0.29, 0.717) is 12.6 Å². The van der Waals surface area contributed by atoms with Gasteiger partial charge in [-0.15, -0.1) is 24.8 Å². The monoisotopic (exact) mass is 285 g/mol. The third kappa shape index (κ3) is 6.46. The summed E-state index contributed by atoms with van der Waals surface area (Å²) >= 11 is 0. The van der Waals surface area contributed by atoms with Gasteiger partial charge in [0.2, 0.25) is 5.91 Å². The zero-order valence-corrected chi connectivity index (χ0v) is 12.6. The Morgan fingerprint density at radius 3 is 2.41 bits per heavy atom. The summed E-state index contributed by atoms with van der Waals surface area (Å²) in [6.07, 6.45) is 0. The maximum absolute atomic E-state index is 11.9. The van der Waals surface area contributed by atoms with E-state index in [1.165, 1.54) is 0 Å². The van der Waals surface area contributed by atoms with Crippen molar-refractivity contribution < 1.29 is 4.79 Å². The molecule has 0 radical (unpaired) electrons. The molecule has 1 aliphatic heterocycles. The molecule has 0 saturated carbocycles. The van der Waals surface area contributed by atoms with E-state index in [1.807, 2.05) is 4.90 Å². The maximum atomic E-state index is 11.9. The van der Waals surface area contributed by atoms with Gasteiger partial charge < -0.3 is 10.2 Å². The predicted molar refractivity (Wildman–Crippen MR) is 76.3 cm³/mol. The van der Waals surface area contributed by atoms with Gasteiger partial charge in [-0.1, -0.05) is 13.8 Å². The predicted octanol–water partition coefficient (Wildman–Crippen LogP) is 0.992. The van der Waals surface area contributed by atoms with Gasteiger partial charge in [-0.05, 0) is 20.0 Å². The molecule has 1 aliphatic rings. The van der Waals surface area contributed by atoms with E-state index in [0.717, 1.165) is 32.7 Å². The number of rotatable bonds is 4. The number of carbonyl (C=O) groups is 1. The Bertz CT molecular complexity index is 213. The summed E-state index contributed by atoms with van der Waals surface area (Å²) in [5.74, 6) is 0.270. The molecule has 1 atom stereocenters. The van der Waals surface area contributed by atoms with E-state index in [2.05, 4.69) is 31.0 Å². The number of halogens is 2. The minimum Gasteiger partial charge on any atom is -0.339 e. The summed E-state index contributed by atoms with van der Waals surface area (Å²) in [4.78, 5) is 16.1. The van der Waals surface area contributed by atoms with E-state index in [9.17, 15) is 4.79 Å². The smallest absolute Gasteiger partial charge is 0.236 e. The van der Waals surface area contributed by atoms with Gasteiger partial charge in [-0.25, -0.2) is 0 Å². The molecule has 1 heterocycles. The van der Waals surface area contributed by atoms with Crippen LogP contribution in [0.3, 0.4) is 0 Å². The van der Waals surface area contributed by atoms with Crippen LogP contribution in [0.15, 0.2) is 0 Å². The van der Waals surface area contributed by atoms with Crippen LogP contribution in [0.2, 0.25) is 0 Å². The van der Waals surface area contributed by atoms with Crippen molar-refractivity contribution in [1.29, 1.82) is 0 Å². The number of amides is 1. The van der Waals surface area contributed by atoms with Crippen LogP contribution in [-0.4, -0.2) is 61.0 Å². The van der Waals surface area contributed by atoms with Gasteiger partial charge >= 0.3 is 0 Å². The first-order chi connectivity index (χ1) is 7.17. The van der Waals surface area contributed by atoms with Crippen LogP contribution < -0.4 is 5.32 Å². The fraction of sp³-hybridized carbons (Fsp3) is 0.909. The fourth-order valence-corrected chi connectivity index (χ4v) is 1.90. The van der Waals surface area contributed by atoms with E-state index < -0.39 is 0 Å². The van der Waals surface area contributed by atoms with Gasteiger partial charge in [0.05, 0.1) is 6.54 Å². The van der Waals surface area contributed by atoms with Gasteiger partial charge in [0.25, 0.3) is 0 Å². The lowest BCUT2D eigenvalue weighted by atomic mass is 10.2. The molecule has 104 valence electrons. The third-order valence-electron chi connectivity index (χ3n) is 2.97. The van der Waals surface area contributed by atoms with Gasteiger partial charge in [-0.3, -0.25) is 9.69 Å². The summed E-state index contributed by atoms with van der Waals surface area (Å²) in [6, 6.07) is 0.430. The molecule has 17 heavy (non-hydrogen) atoms. The van der Waals surface area contributed by atoms with Crippen molar-refractivity contribution in [2.75, 3.05) is 39.3 Å². The summed E-state index contributed by atoms with van der Waals surface area (Å²) in [5, 5.41) is 3.34. The van der Waals surface area contributed by atoms with Crippen LogP contribution in [-0.2, 0) is 4.79 Å². The summed E-state index contributed by atoms with van der Waals surface area (Å²) in [5.41, 5.74) is 0. The van der Waals surface area contributed by atoms with Crippen LogP contribution in [0, 0.1) is 0 Å². The van der Waals surface area contributed by atoms with E-state index in [4.69, 9.17) is 0 Å². The first kappa shape index (κ1) is 19.3. The highest BCUT2D eigenvalue weighted by molar-refractivity contribution is 5.85. The molecule has 0 spiro atoms. The average Bonchev–Trinajstić information content (AvgIpc) is 2.25. The number of hydrogen-bond acceptors (Lipinski definition) is 3. The molecule has 1 amide bonds. The molecule has 0 aromatic rings. The van der Waals surface area contributed by atoms with E-state index in [1.54, 1.807) is 0 Å². The lowest BCUT2D eigenvalue weighted by Crippen LogP contribution is -2.53. The second-order valence-electron chi connectivity index (χ2n) is 4.16. The second-order valence-corrected chi connectivity index (χ2v) is 4.16. The average molecular weight is 286 g/mol. The lowest BCUT2D eigenvalue weighted by Gasteiger charge is -2.33. The summed E-state index contributed by atoms with van der Waals surface area (Å²) in [7, 11) is 0. The highest BCUT2D eigenvalue weighted by Gasteiger charge is 2.21. The molecule has 1 saturated heterocycles. The van der Waals surface area contributed by atoms with Gasteiger partial charge in [0.1, 0.15) is 0 Å². The number of piperazine rings is 1.